The van der Waals surface area contributed by atoms with Gasteiger partial charge in [0, 0.05) is 24.1 Å². The third-order valence-electron chi connectivity index (χ3n) is 5.89. The number of nitrogens with zero attached hydrogens (tertiary/aromatic N) is 1. The molecule has 2 rings (SSSR count). The summed E-state index contributed by atoms with van der Waals surface area (Å²) >= 11 is 6.37. The Morgan fingerprint density at radius 3 is 2.44 bits per heavy atom. The number of amides is 1. The minimum Gasteiger partial charge on any atom is -0.495 e. The van der Waals surface area contributed by atoms with E-state index in [4.69, 9.17) is 39.7 Å². The number of nitrogens with one attached hydrogen (secondary N) is 1. The van der Waals surface area contributed by atoms with E-state index in [-0.39, 0.29) is 40.9 Å². The van der Waals surface area contributed by atoms with Crippen LogP contribution in [-0.2, 0) is 18.9 Å². The molecule has 1 atom stereocenters. The van der Waals surface area contributed by atoms with Gasteiger partial charge in [-0.1, -0.05) is 45.9 Å². The standard InChI is InChI=1S/C29H39ClN2O7/c1-10-18(4)28(37-14-13-34-7)32-29(36-9)26(20(6)35-8)31-27(33)23-11-12-25(38-23)39-24-16-21(17(2)3)22(30)15-19(24)5/h11-12,15-18H,6,10,13-14H2,1-5,7-9H3,(H,31,33)/b29-26-,32-28+. The Bertz CT molecular complexity index is 1200. The van der Waals surface area contributed by atoms with Gasteiger partial charge in [0.2, 0.25) is 5.88 Å². The molecule has 9 nitrogen and oxygen atoms in total. The molecule has 10 heteroatoms. The fraction of sp³-hybridized carbons (Fsp3) is 0.448. The number of carbonyl (C=O) groups is 1. The zero-order valence-electron chi connectivity index (χ0n) is 24.0. The average molecular weight is 563 g/mol. The van der Waals surface area contributed by atoms with Gasteiger partial charge in [-0.25, -0.2) is 0 Å². The molecule has 2 aromatic rings. The maximum absolute atomic E-state index is 13.1. The van der Waals surface area contributed by atoms with Crippen LogP contribution in [0.25, 0.3) is 0 Å². The first-order chi connectivity index (χ1) is 18.6. The van der Waals surface area contributed by atoms with Crippen LogP contribution in [0.4, 0.5) is 0 Å². The number of rotatable bonds is 14. The molecular weight excluding hydrogens is 524 g/mol. The van der Waals surface area contributed by atoms with Gasteiger partial charge in [-0.05, 0) is 48.6 Å². The Morgan fingerprint density at radius 2 is 1.85 bits per heavy atom. The first-order valence-electron chi connectivity index (χ1n) is 12.7. The molecule has 0 saturated heterocycles. The Morgan fingerprint density at radius 1 is 1.13 bits per heavy atom. The molecule has 0 fully saturated rings. The summed E-state index contributed by atoms with van der Waals surface area (Å²) < 4.78 is 33.3. The molecule has 0 aliphatic rings. The summed E-state index contributed by atoms with van der Waals surface area (Å²) in [6.07, 6.45) is 0.774. The normalized spacial score (nSPS) is 13.0. The van der Waals surface area contributed by atoms with Crippen LogP contribution < -0.4 is 10.1 Å². The van der Waals surface area contributed by atoms with Gasteiger partial charge in [-0.2, -0.15) is 4.99 Å². The number of methoxy groups -OCH3 is 3. The van der Waals surface area contributed by atoms with Crippen LogP contribution in [0.1, 0.15) is 61.7 Å². The van der Waals surface area contributed by atoms with E-state index in [9.17, 15) is 4.79 Å². The van der Waals surface area contributed by atoms with E-state index >= 15 is 0 Å². The highest BCUT2D eigenvalue weighted by atomic mass is 35.5. The van der Waals surface area contributed by atoms with Gasteiger partial charge in [-0.3, -0.25) is 4.79 Å². The summed E-state index contributed by atoms with van der Waals surface area (Å²) in [4.78, 5) is 17.7. The molecule has 1 heterocycles. The van der Waals surface area contributed by atoms with Crippen molar-refractivity contribution in [1.29, 1.82) is 0 Å². The van der Waals surface area contributed by atoms with Crippen molar-refractivity contribution in [3.8, 4) is 11.7 Å². The van der Waals surface area contributed by atoms with E-state index < -0.39 is 5.91 Å². The second-order valence-corrected chi connectivity index (χ2v) is 9.49. The number of furan rings is 1. The molecule has 0 spiro atoms. The SMILES string of the molecule is C=C(OC)/C(NC(=O)c1ccc(Oc2cc(C(C)C)c(Cl)cc2C)o1)=C(\N=C(\OCCOC)C(C)CC)OC. The predicted octanol–water partition coefficient (Wildman–Crippen LogP) is 6.97. The molecule has 1 aromatic heterocycles. The Hall–Kier alpha value is -3.43. The molecule has 0 aliphatic carbocycles. The molecule has 0 saturated carbocycles. The number of hydrogen-bond donors (Lipinski definition) is 1. The lowest BCUT2D eigenvalue weighted by molar-refractivity contribution is 0.0926. The van der Waals surface area contributed by atoms with E-state index in [1.165, 1.54) is 20.3 Å². The van der Waals surface area contributed by atoms with Crippen LogP contribution in [0.5, 0.6) is 11.7 Å². The lowest BCUT2D eigenvalue weighted by atomic mass is 10.0. The molecule has 39 heavy (non-hydrogen) atoms. The van der Waals surface area contributed by atoms with Gasteiger partial charge in [0.05, 0.1) is 20.8 Å². The van der Waals surface area contributed by atoms with Crippen molar-refractivity contribution in [3.63, 3.8) is 0 Å². The number of halogens is 1. The van der Waals surface area contributed by atoms with Crippen LogP contribution in [-0.4, -0.2) is 46.3 Å². The molecule has 1 N–H and O–H groups in total. The number of carbonyl (C=O) groups excluding carboxylic acids is 1. The fourth-order valence-electron chi connectivity index (χ4n) is 3.34. The average Bonchev–Trinajstić information content (AvgIpc) is 3.38. The molecule has 0 radical (unpaired) electrons. The zero-order chi connectivity index (χ0) is 29.1. The summed E-state index contributed by atoms with van der Waals surface area (Å²) in [6.45, 7) is 14.5. The number of ether oxygens (including phenoxy) is 5. The molecule has 1 unspecified atom stereocenters. The number of aliphatic imine (C=N–C) groups is 1. The van der Waals surface area contributed by atoms with Gasteiger partial charge in [0.1, 0.15) is 23.8 Å². The van der Waals surface area contributed by atoms with E-state index in [1.54, 1.807) is 13.2 Å². The summed E-state index contributed by atoms with van der Waals surface area (Å²) in [7, 11) is 4.44. The first kappa shape index (κ1) is 31.8. The van der Waals surface area contributed by atoms with Crippen molar-refractivity contribution in [1.82, 2.24) is 5.32 Å². The van der Waals surface area contributed by atoms with Crippen molar-refractivity contribution in [2.45, 2.75) is 47.0 Å². The largest absolute Gasteiger partial charge is 0.495 e. The molecule has 0 aliphatic heterocycles. The molecule has 214 valence electrons. The molecule has 0 bridgehead atoms. The van der Waals surface area contributed by atoms with E-state index in [1.807, 2.05) is 46.8 Å². The number of aryl methyl sites for hydroxylation is 1. The van der Waals surface area contributed by atoms with E-state index in [0.717, 1.165) is 17.5 Å². The topological polar surface area (TPSA) is 101 Å². The van der Waals surface area contributed by atoms with Gasteiger partial charge in [0.15, 0.2) is 11.7 Å². The Kier molecular flexibility index (Phi) is 12.4. The van der Waals surface area contributed by atoms with Crippen molar-refractivity contribution in [2.75, 3.05) is 34.5 Å². The number of benzene rings is 1. The first-order valence-corrected chi connectivity index (χ1v) is 13.0. The fourth-order valence-corrected chi connectivity index (χ4v) is 3.78. The van der Waals surface area contributed by atoms with Gasteiger partial charge < -0.3 is 33.4 Å². The third kappa shape index (κ3) is 8.80. The summed E-state index contributed by atoms with van der Waals surface area (Å²) in [5.74, 6) is 0.957. The summed E-state index contributed by atoms with van der Waals surface area (Å²) in [6, 6.07) is 6.78. The van der Waals surface area contributed by atoms with Crippen LogP contribution in [0.15, 0.2) is 57.6 Å². The highest BCUT2D eigenvalue weighted by Gasteiger charge is 2.22. The third-order valence-corrected chi connectivity index (χ3v) is 6.21. The van der Waals surface area contributed by atoms with E-state index in [0.29, 0.717) is 29.9 Å². The van der Waals surface area contributed by atoms with Crippen molar-refractivity contribution in [3.05, 3.63) is 70.1 Å². The summed E-state index contributed by atoms with van der Waals surface area (Å²) in [5.41, 5.74) is 1.90. The zero-order valence-corrected chi connectivity index (χ0v) is 24.7. The second-order valence-electron chi connectivity index (χ2n) is 9.08. The monoisotopic (exact) mass is 562 g/mol. The minimum atomic E-state index is -0.580. The quantitative estimate of drug-likeness (QED) is 0.0872. The van der Waals surface area contributed by atoms with Gasteiger partial charge >= 0.3 is 0 Å². The minimum absolute atomic E-state index is 0.0000274. The summed E-state index contributed by atoms with van der Waals surface area (Å²) in [5, 5.41) is 3.39. The van der Waals surface area contributed by atoms with Crippen LogP contribution >= 0.6 is 11.6 Å². The predicted molar refractivity (Wildman–Crippen MR) is 151 cm³/mol. The van der Waals surface area contributed by atoms with Crippen molar-refractivity contribution >= 4 is 23.4 Å². The maximum Gasteiger partial charge on any atom is 0.291 e. The van der Waals surface area contributed by atoms with E-state index in [2.05, 4.69) is 16.9 Å². The molecule has 1 aromatic carbocycles. The second kappa shape index (κ2) is 15.2. The highest BCUT2D eigenvalue weighted by Crippen LogP contribution is 2.34. The van der Waals surface area contributed by atoms with Gasteiger partial charge in [0.25, 0.3) is 11.9 Å². The highest BCUT2D eigenvalue weighted by molar-refractivity contribution is 6.31. The number of hydrogen-bond acceptors (Lipinski definition) is 8. The maximum atomic E-state index is 13.1. The smallest absolute Gasteiger partial charge is 0.291 e. The van der Waals surface area contributed by atoms with Crippen LogP contribution in [0, 0.1) is 12.8 Å². The van der Waals surface area contributed by atoms with Gasteiger partial charge in [-0.15, -0.1) is 0 Å². The van der Waals surface area contributed by atoms with Crippen LogP contribution in [0.3, 0.4) is 0 Å². The lowest BCUT2D eigenvalue weighted by Crippen LogP contribution is -2.26. The van der Waals surface area contributed by atoms with Crippen molar-refractivity contribution in [2.24, 2.45) is 10.9 Å². The molecular formula is C29H39ClN2O7. The molecule has 1 amide bonds. The lowest BCUT2D eigenvalue weighted by Gasteiger charge is -2.17. The Labute approximate surface area is 235 Å². The Balaban J connectivity index is 2.35. The van der Waals surface area contributed by atoms with Crippen molar-refractivity contribution < 1.29 is 32.9 Å². The van der Waals surface area contributed by atoms with Crippen LogP contribution in [0.2, 0.25) is 5.02 Å².